The van der Waals surface area contributed by atoms with Crippen LogP contribution in [-0.2, 0) is 0 Å². The van der Waals surface area contributed by atoms with Crippen molar-refractivity contribution in [2.24, 2.45) is 0 Å². The molecule has 5 heteroatoms. The van der Waals surface area contributed by atoms with Crippen molar-refractivity contribution in [3.63, 3.8) is 0 Å². The van der Waals surface area contributed by atoms with Gasteiger partial charge in [-0.25, -0.2) is 9.97 Å². The van der Waals surface area contributed by atoms with Gasteiger partial charge in [0.15, 0.2) is 0 Å². The van der Waals surface area contributed by atoms with E-state index in [4.69, 9.17) is 0 Å². The van der Waals surface area contributed by atoms with Crippen molar-refractivity contribution in [2.75, 3.05) is 24.5 Å². The number of likely N-dealkylation sites (tertiary alicyclic amines) is 1. The van der Waals surface area contributed by atoms with Gasteiger partial charge in [0.05, 0.1) is 11.6 Å². The van der Waals surface area contributed by atoms with Crippen molar-refractivity contribution < 1.29 is 4.79 Å². The highest BCUT2D eigenvalue weighted by atomic mass is 16.2. The minimum Gasteiger partial charge on any atom is -0.341 e. The van der Waals surface area contributed by atoms with Crippen molar-refractivity contribution in [2.45, 2.75) is 31.7 Å². The zero-order valence-corrected chi connectivity index (χ0v) is 13.8. The normalized spacial score (nSPS) is 20.6. The summed E-state index contributed by atoms with van der Waals surface area (Å²) in [5.74, 6) is 0.777. The van der Waals surface area contributed by atoms with Gasteiger partial charge in [-0.15, -0.1) is 0 Å². The molecule has 0 saturated carbocycles. The topological polar surface area (TPSA) is 49.3 Å². The molecule has 2 saturated heterocycles. The van der Waals surface area contributed by atoms with Crippen LogP contribution >= 0.6 is 0 Å². The van der Waals surface area contributed by atoms with Gasteiger partial charge in [-0.1, -0.05) is 30.3 Å². The summed E-state index contributed by atoms with van der Waals surface area (Å²) in [4.78, 5) is 25.9. The summed E-state index contributed by atoms with van der Waals surface area (Å²) in [6.45, 7) is 2.82. The SMILES string of the molecule is O=C(c1cnc(N2CCCC2)nc1)N1CCCC1c1ccccc1. The van der Waals surface area contributed by atoms with Crippen LogP contribution in [0.3, 0.4) is 0 Å². The summed E-state index contributed by atoms with van der Waals surface area (Å²) < 4.78 is 0. The van der Waals surface area contributed by atoms with Gasteiger partial charge in [0.25, 0.3) is 5.91 Å². The lowest BCUT2D eigenvalue weighted by Crippen LogP contribution is -2.31. The number of hydrogen-bond donors (Lipinski definition) is 0. The second kappa shape index (κ2) is 6.59. The minimum absolute atomic E-state index is 0.0364. The highest BCUT2D eigenvalue weighted by Gasteiger charge is 2.30. The molecule has 0 N–H and O–H groups in total. The molecule has 5 nitrogen and oxygen atoms in total. The van der Waals surface area contributed by atoms with Crippen LogP contribution in [0.15, 0.2) is 42.7 Å². The predicted octanol–water partition coefficient (Wildman–Crippen LogP) is 3.05. The zero-order chi connectivity index (χ0) is 16.4. The molecule has 0 spiro atoms. The van der Waals surface area contributed by atoms with Crippen molar-refractivity contribution in [3.05, 3.63) is 53.9 Å². The van der Waals surface area contributed by atoms with Gasteiger partial charge < -0.3 is 9.80 Å². The van der Waals surface area contributed by atoms with Crippen LogP contribution in [0, 0.1) is 0 Å². The Bertz CT molecular complexity index is 695. The fourth-order valence-electron chi connectivity index (χ4n) is 3.71. The van der Waals surface area contributed by atoms with Gasteiger partial charge in [-0.05, 0) is 31.2 Å². The van der Waals surface area contributed by atoms with Crippen LogP contribution in [0.2, 0.25) is 0 Å². The summed E-state index contributed by atoms with van der Waals surface area (Å²) in [6.07, 6.45) is 7.81. The quantitative estimate of drug-likeness (QED) is 0.871. The molecule has 4 rings (SSSR count). The molecule has 1 amide bonds. The van der Waals surface area contributed by atoms with E-state index in [1.165, 1.54) is 18.4 Å². The molecule has 2 aromatic rings. The number of benzene rings is 1. The molecule has 1 atom stereocenters. The molecule has 0 aliphatic carbocycles. The number of anilines is 1. The molecular formula is C19H22N4O. The molecule has 2 aliphatic rings. The van der Waals surface area contributed by atoms with Crippen molar-refractivity contribution in [3.8, 4) is 0 Å². The van der Waals surface area contributed by atoms with Crippen LogP contribution in [0.5, 0.6) is 0 Å². The molecule has 0 radical (unpaired) electrons. The first-order valence-electron chi connectivity index (χ1n) is 8.76. The fourth-order valence-corrected chi connectivity index (χ4v) is 3.71. The van der Waals surface area contributed by atoms with Crippen molar-refractivity contribution in [1.82, 2.24) is 14.9 Å². The average molecular weight is 322 g/mol. The van der Waals surface area contributed by atoms with Crippen LogP contribution < -0.4 is 4.90 Å². The van der Waals surface area contributed by atoms with Crippen LogP contribution in [-0.4, -0.2) is 40.4 Å². The van der Waals surface area contributed by atoms with Gasteiger partial charge in [0, 0.05) is 32.0 Å². The molecule has 0 bridgehead atoms. The fraction of sp³-hybridized carbons (Fsp3) is 0.421. The minimum atomic E-state index is 0.0364. The van der Waals surface area contributed by atoms with E-state index in [2.05, 4.69) is 27.0 Å². The lowest BCUT2D eigenvalue weighted by atomic mass is 10.0. The van der Waals surface area contributed by atoms with E-state index in [9.17, 15) is 4.79 Å². The maximum Gasteiger partial charge on any atom is 0.257 e. The van der Waals surface area contributed by atoms with Crippen molar-refractivity contribution >= 4 is 11.9 Å². The van der Waals surface area contributed by atoms with E-state index in [1.807, 2.05) is 23.1 Å². The smallest absolute Gasteiger partial charge is 0.257 e. The lowest BCUT2D eigenvalue weighted by Gasteiger charge is -2.25. The van der Waals surface area contributed by atoms with E-state index in [1.54, 1.807) is 12.4 Å². The largest absolute Gasteiger partial charge is 0.341 e. The van der Waals surface area contributed by atoms with Crippen LogP contribution in [0.1, 0.15) is 47.6 Å². The molecule has 1 aromatic carbocycles. The Labute approximate surface area is 142 Å². The van der Waals surface area contributed by atoms with E-state index in [-0.39, 0.29) is 11.9 Å². The summed E-state index contributed by atoms with van der Waals surface area (Å²) in [7, 11) is 0. The van der Waals surface area contributed by atoms with Crippen molar-refractivity contribution in [1.29, 1.82) is 0 Å². The summed E-state index contributed by atoms with van der Waals surface area (Å²) in [5, 5.41) is 0. The molecular weight excluding hydrogens is 300 g/mol. The van der Waals surface area contributed by atoms with Crippen LogP contribution in [0.25, 0.3) is 0 Å². The van der Waals surface area contributed by atoms with E-state index >= 15 is 0 Å². The molecule has 2 fully saturated rings. The zero-order valence-electron chi connectivity index (χ0n) is 13.8. The van der Waals surface area contributed by atoms with Gasteiger partial charge in [0.2, 0.25) is 5.95 Å². The highest BCUT2D eigenvalue weighted by Crippen LogP contribution is 2.32. The lowest BCUT2D eigenvalue weighted by molar-refractivity contribution is 0.0735. The summed E-state index contributed by atoms with van der Waals surface area (Å²) >= 11 is 0. The number of amides is 1. The van der Waals surface area contributed by atoms with E-state index in [0.717, 1.165) is 38.4 Å². The van der Waals surface area contributed by atoms with Gasteiger partial charge in [-0.2, -0.15) is 0 Å². The maximum atomic E-state index is 12.9. The Morgan fingerprint density at radius 3 is 2.38 bits per heavy atom. The number of nitrogens with zero attached hydrogens (tertiary/aromatic N) is 4. The Balaban J connectivity index is 1.52. The first-order valence-corrected chi connectivity index (χ1v) is 8.76. The molecule has 124 valence electrons. The number of rotatable bonds is 3. The third-order valence-electron chi connectivity index (χ3n) is 4.97. The predicted molar refractivity (Wildman–Crippen MR) is 92.9 cm³/mol. The van der Waals surface area contributed by atoms with Crippen LogP contribution in [0.4, 0.5) is 5.95 Å². The summed E-state index contributed by atoms with van der Waals surface area (Å²) in [5.41, 5.74) is 1.79. The number of carbonyl (C=O) groups is 1. The van der Waals surface area contributed by atoms with Gasteiger partial charge in [-0.3, -0.25) is 4.79 Å². The second-order valence-corrected chi connectivity index (χ2v) is 6.53. The number of aromatic nitrogens is 2. The first-order chi connectivity index (χ1) is 11.8. The number of carbonyl (C=O) groups excluding carboxylic acids is 1. The second-order valence-electron chi connectivity index (χ2n) is 6.53. The standard InChI is InChI=1S/C19H22N4O/c24-18(16-13-20-19(21-14-16)22-10-4-5-11-22)23-12-6-9-17(23)15-7-2-1-3-8-15/h1-3,7-8,13-14,17H,4-6,9-12H2. The van der Waals surface area contributed by atoms with Gasteiger partial charge in [0.1, 0.15) is 0 Å². The van der Waals surface area contributed by atoms with E-state index in [0.29, 0.717) is 5.56 Å². The first kappa shape index (κ1) is 15.1. The molecule has 3 heterocycles. The average Bonchev–Trinajstić information content (AvgIpc) is 3.34. The maximum absolute atomic E-state index is 12.9. The number of hydrogen-bond acceptors (Lipinski definition) is 4. The third-order valence-corrected chi connectivity index (χ3v) is 4.97. The monoisotopic (exact) mass is 322 g/mol. The molecule has 2 aliphatic heterocycles. The Morgan fingerprint density at radius 2 is 1.67 bits per heavy atom. The molecule has 1 aromatic heterocycles. The third kappa shape index (κ3) is 2.86. The van der Waals surface area contributed by atoms with E-state index < -0.39 is 0 Å². The Hall–Kier alpha value is -2.43. The summed E-state index contributed by atoms with van der Waals surface area (Å²) in [6, 6.07) is 10.4. The Kier molecular flexibility index (Phi) is 4.15. The highest BCUT2D eigenvalue weighted by molar-refractivity contribution is 5.94. The van der Waals surface area contributed by atoms with Gasteiger partial charge >= 0.3 is 0 Å². The molecule has 1 unspecified atom stereocenters. The Morgan fingerprint density at radius 1 is 0.958 bits per heavy atom. The molecule has 24 heavy (non-hydrogen) atoms.